The number of carbonyl (C=O) groups is 1. The van der Waals surface area contributed by atoms with Crippen LogP contribution in [0.25, 0.3) is 11.1 Å². The number of carbonyl (C=O) groups excluding carboxylic acids is 1. The van der Waals surface area contributed by atoms with Crippen LogP contribution in [0, 0.1) is 0 Å². The van der Waals surface area contributed by atoms with Crippen LogP contribution < -0.4 is 15.8 Å². The molecule has 0 aliphatic rings. The van der Waals surface area contributed by atoms with Crippen LogP contribution in [0.15, 0.2) is 62.6 Å². The second kappa shape index (κ2) is 9.50. The number of aryl methyl sites for hydroxylation is 1. The van der Waals surface area contributed by atoms with Gasteiger partial charge < -0.3 is 9.73 Å². The van der Waals surface area contributed by atoms with E-state index in [2.05, 4.69) is 10.0 Å². The SMILES string of the molecule is CSCC[C@H](NS(=O)(=O)c1ccc2c(c1)oc(=O)n2C)C(=O)NCc1ccccc1. The van der Waals surface area contributed by atoms with Gasteiger partial charge in [-0.15, -0.1) is 0 Å². The number of nitrogens with zero attached hydrogens (tertiary/aromatic N) is 1. The number of rotatable bonds is 9. The molecule has 0 saturated carbocycles. The van der Waals surface area contributed by atoms with Crippen molar-refractivity contribution in [2.24, 2.45) is 7.05 Å². The summed E-state index contributed by atoms with van der Waals surface area (Å²) in [5.41, 5.74) is 1.57. The monoisotopic (exact) mass is 449 g/mol. The molecule has 1 amide bonds. The van der Waals surface area contributed by atoms with Gasteiger partial charge in [-0.1, -0.05) is 30.3 Å². The summed E-state index contributed by atoms with van der Waals surface area (Å²) in [6.45, 7) is 0.304. The number of nitrogens with one attached hydrogen (secondary N) is 2. The van der Waals surface area contributed by atoms with Crippen molar-refractivity contribution in [1.29, 1.82) is 0 Å². The molecule has 3 aromatic rings. The van der Waals surface area contributed by atoms with Crippen molar-refractivity contribution >= 4 is 38.8 Å². The highest BCUT2D eigenvalue weighted by molar-refractivity contribution is 7.98. The van der Waals surface area contributed by atoms with Gasteiger partial charge in [-0.2, -0.15) is 16.5 Å². The number of thioether (sulfide) groups is 1. The first-order valence-corrected chi connectivity index (χ1v) is 12.1. The summed E-state index contributed by atoms with van der Waals surface area (Å²) in [6, 6.07) is 12.6. The highest BCUT2D eigenvalue weighted by Crippen LogP contribution is 2.18. The van der Waals surface area contributed by atoms with Crippen LogP contribution in [0.4, 0.5) is 0 Å². The van der Waals surface area contributed by atoms with Crippen LogP contribution >= 0.6 is 11.8 Å². The Morgan fingerprint density at radius 2 is 1.93 bits per heavy atom. The fourth-order valence-corrected chi connectivity index (χ4v) is 4.64. The fraction of sp³-hybridized carbons (Fsp3) is 0.300. The third-order valence-corrected chi connectivity index (χ3v) is 6.72. The van der Waals surface area contributed by atoms with Crippen molar-refractivity contribution < 1.29 is 17.6 Å². The van der Waals surface area contributed by atoms with Gasteiger partial charge >= 0.3 is 5.76 Å². The molecule has 1 atom stereocenters. The number of fused-ring (bicyclic) bond motifs is 1. The number of amides is 1. The van der Waals surface area contributed by atoms with Crippen LogP contribution in [0.5, 0.6) is 0 Å². The molecule has 2 N–H and O–H groups in total. The maximum absolute atomic E-state index is 12.9. The molecule has 3 rings (SSSR count). The first kappa shape index (κ1) is 22.1. The van der Waals surface area contributed by atoms with Gasteiger partial charge in [0.25, 0.3) is 0 Å². The van der Waals surface area contributed by atoms with Gasteiger partial charge in [0, 0.05) is 19.7 Å². The predicted molar refractivity (Wildman–Crippen MR) is 117 cm³/mol. The lowest BCUT2D eigenvalue weighted by Gasteiger charge is -2.18. The number of sulfonamides is 1. The Morgan fingerprint density at radius 3 is 2.63 bits per heavy atom. The van der Waals surface area contributed by atoms with Gasteiger partial charge in [0.1, 0.15) is 6.04 Å². The molecule has 0 unspecified atom stereocenters. The van der Waals surface area contributed by atoms with Gasteiger partial charge in [0.2, 0.25) is 15.9 Å². The van der Waals surface area contributed by atoms with Gasteiger partial charge in [-0.05, 0) is 36.1 Å². The predicted octanol–water partition coefficient (Wildman–Crippen LogP) is 1.85. The molecule has 8 nitrogen and oxygen atoms in total. The number of benzene rings is 2. The van der Waals surface area contributed by atoms with Crippen LogP contribution in [-0.2, 0) is 28.4 Å². The lowest BCUT2D eigenvalue weighted by molar-refractivity contribution is -0.122. The Morgan fingerprint density at radius 1 is 1.20 bits per heavy atom. The average molecular weight is 450 g/mol. The third kappa shape index (κ3) is 5.13. The maximum Gasteiger partial charge on any atom is 0.419 e. The Balaban J connectivity index is 1.78. The minimum Gasteiger partial charge on any atom is -0.408 e. The van der Waals surface area contributed by atoms with E-state index in [9.17, 15) is 18.0 Å². The quantitative estimate of drug-likeness (QED) is 0.516. The molecule has 30 heavy (non-hydrogen) atoms. The molecule has 0 bridgehead atoms. The van der Waals surface area contributed by atoms with Crippen LogP contribution in [0.3, 0.4) is 0 Å². The van der Waals surface area contributed by atoms with Crippen molar-refractivity contribution in [2.45, 2.75) is 23.9 Å². The molecule has 1 aromatic heterocycles. The standard InChI is InChI=1S/C20H23N3O5S2/c1-23-17-9-8-15(12-18(17)28-20(23)25)30(26,27)22-16(10-11-29-2)19(24)21-13-14-6-4-3-5-7-14/h3-9,12,16,22H,10-11,13H2,1-2H3,(H,21,24)/t16-/m0/s1. The van der Waals surface area contributed by atoms with Crippen molar-refractivity contribution in [3.63, 3.8) is 0 Å². The number of hydrogen-bond donors (Lipinski definition) is 2. The molecule has 0 radical (unpaired) electrons. The molecule has 0 spiro atoms. The molecule has 160 valence electrons. The molecule has 0 aliphatic heterocycles. The zero-order valence-electron chi connectivity index (χ0n) is 16.6. The van der Waals surface area contributed by atoms with Crippen molar-refractivity contribution in [3.8, 4) is 0 Å². The summed E-state index contributed by atoms with van der Waals surface area (Å²) >= 11 is 1.52. The summed E-state index contributed by atoms with van der Waals surface area (Å²) in [5, 5.41) is 2.78. The third-order valence-electron chi connectivity index (χ3n) is 4.61. The summed E-state index contributed by atoms with van der Waals surface area (Å²) < 4.78 is 34.6. The smallest absolute Gasteiger partial charge is 0.408 e. The van der Waals surface area contributed by atoms with E-state index in [0.717, 1.165) is 5.56 Å². The van der Waals surface area contributed by atoms with Gasteiger partial charge in [0.15, 0.2) is 5.58 Å². The Labute approximate surface area is 178 Å². The summed E-state index contributed by atoms with van der Waals surface area (Å²) in [5.74, 6) is -0.368. The van der Waals surface area contributed by atoms with Crippen LogP contribution in [0.1, 0.15) is 12.0 Å². The Kier molecular flexibility index (Phi) is 7.01. The van der Waals surface area contributed by atoms with Gasteiger partial charge in [-0.3, -0.25) is 9.36 Å². The highest BCUT2D eigenvalue weighted by atomic mass is 32.2. The van der Waals surface area contributed by atoms with Gasteiger partial charge in [0.05, 0.1) is 10.4 Å². The van der Waals surface area contributed by atoms with Crippen molar-refractivity contribution in [2.75, 3.05) is 12.0 Å². The van der Waals surface area contributed by atoms with E-state index in [0.29, 0.717) is 24.2 Å². The molecule has 0 fully saturated rings. The van der Waals surface area contributed by atoms with E-state index in [-0.39, 0.29) is 10.5 Å². The molecule has 0 saturated heterocycles. The second-order valence-corrected chi connectivity index (χ2v) is 9.41. The lowest BCUT2D eigenvalue weighted by Crippen LogP contribution is -2.46. The summed E-state index contributed by atoms with van der Waals surface area (Å²) in [7, 11) is -2.47. The van der Waals surface area contributed by atoms with E-state index < -0.39 is 27.7 Å². The largest absolute Gasteiger partial charge is 0.419 e. The Hall–Kier alpha value is -2.56. The van der Waals surface area contributed by atoms with E-state index in [1.54, 1.807) is 0 Å². The lowest BCUT2D eigenvalue weighted by atomic mass is 10.2. The topological polar surface area (TPSA) is 110 Å². The number of aromatic nitrogens is 1. The summed E-state index contributed by atoms with van der Waals surface area (Å²) in [4.78, 5) is 24.3. The van der Waals surface area contributed by atoms with Crippen LogP contribution in [-0.4, -0.2) is 36.9 Å². The van der Waals surface area contributed by atoms with Crippen molar-refractivity contribution in [1.82, 2.24) is 14.6 Å². The molecule has 0 aliphatic carbocycles. The average Bonchev–Trinajstić information content (AvgIpc) is 3.03. The summed E-state index contributed by atoms with van der Waals surface area (Å²) in [6.07, 6.45) is 2.22. The zero-order chi connectivity index (χ0) is 21.7. The van der Waals surface area contributed by atoms with E-state index in [4.69, 9.17) is 4.42 Å². The molecular formula is C20H23N3O5S2. The minimum atomic E-state index is -4.00. The van der Waals surface area contributed by atoms with E-state index >= 15 is 0 Å². The van der Waals surface area contributed by atoms with Crippen LogP contribution in [0.2, 0.25) is 0 Å². The zero-order valence-corrected chi connectivity index (χ0v) is 18.3. The van der Waals surface area contributed by atoms with Gasteiger partial charge in [-0.25, -0.2) is 13.2 Å². The molecular weight excluding hydrogens is 426 g/mol. The fourth-order valence-electron chi connectivity index (χ4n) is 2.92. The molecule has 2 aromatic carbocycles. The highest BCUT2D eigenvalue weighted by Gasteiger charge is 2.26. The maximum atomic E-state index is 12.9. The van der Waals surface area contributed by atoms with E-state index in [1.807, 2.05) is 36.6 Å². The Bertz CT molecular complexity index is 1190. The first-order chi connectivity index (χ1) is 14.3. The number of hydrogen-bond acceptors (Lipinski definition) is 6. The normalized spacial score (nSPS) is 12.7. The number of oxazole rings is 1. The first-order valence-electron chi connectivity index (χ1n) is 9.24. The molecule has 10 heteroatoms. The second-order valence-electron chi connectivity index (χ2n) is 6.72. The van der Waals surface area contributed by atoms with E-state index in [1.165, 1.54) is 41.6 Å². The minimum absolute atomic E-state index is 0.0747. The van der Waals surface area contributed by atoms with Crippen molar-refractivity contribution in [3.05, 3.63) is 64.6 Å². The molecule has 1 heterocycles.